The number of ketones is 1. The average Bonchev–Trinajstić information content (AvgIpc) is 2.96. The van der Waals surface area contributed by atoms with Gasteiger partial charge in [0.05, 0.1) is 70.7 Å². The van der Waals surface area contributed by atoms with Crippen molar-refractivity contribution in [3.63, 3.8) is 0 Å². The highest BCUT2D eigenvalue weighted by atomic mass is 32.2. The van der Waals surface area contributed by atoms with Crippen LogP contribution in [0.5, 0.6) is 0 Å². The van der Waals surface area contributed by atoms with Crippen molar-refractivity contribution >= 4 is 33.3 Å². The van der Waals surface area contributed by atoms with Gasteiger partial charge in [-0.05, 0) is 18.8 Å². The van der Waals surface area contributed by atoms with Crippen molar-refractivity contribution in [3.05, 3.63) is 0 Å². The van der Waals surface area contributed by atoms with E-state index in [0.717, 1.165) is 6.26 Å². The van der Waals surface area contributed by atoms with Crippen LogP contribution in [0.25, 0.3) is 0 Å². The monoisotopic (exact) mass is 680 g/mol. The molecule has 4 N–H and O–H groups in total. The number of amides is 3. The van der Waals surface area contributed by atoms with E-state index < -0.39 is 21.9 Å². The lowest BCUT2D eigenvalue weighted by Gasteiger charge is -2.27. The maximum absolute atomic E-state index is 12.9. The highest BCUT2D eigenvalue weighted by molar-refractivity contribution is 7.90. The maximum atomic E-state index is 12.9. The van der Waals surface area contributed by atoms with Crippen LogP contribution in [0, 0.1) is 11.8 Å². The van der Waals surface area contributed by atoms with Crippen molar-refractivity contribution in [2.24, 2.45) is 11.8 Å². The van der Waals surface area contributed by atoms with Crippen molar-refractivity contribution in [3.8, 4) is 0 Å². The molecule has 270 valence electrons. The zero-order valence-electron chi connectivity index (χ0n) is 29.0. The molecular formula is C31H60N4O10S. The summed E-state index contributed by atoms with van der Waals surface area (Å²) in [5, 5.41) is 11.6. The summed E-state index contributed by atoms with van der Waals surface area (Å²) in [5.41, 5.74) is 0. The summed E-state index contributed by atoms with van der Waals surface area (Å²) in [6.45, 7) is 14.6. The molecule has 0 aliphatic rings. The summed E-state index contributed by atoms with van der Waals surface area (Å²) >= 11 is 0. The number of sulfone groups is 1. The van der Waals surface area contributed by atoms with Crippen LogP contribution < -0.4 is 21.3 Å². The number of carbonyl (C=O) groups is 4. The van der Waals surface area contributed by atoms with E-state index >= 15 is 0 Å². The van der Waals surface area contributed by atoms with Crippen molar-refractivity contribution in [2.75, 3.05) is 78.0 Å². The van der Waals surface area contributed by atoms with Crippen LogP contribution in [0.3, 0.4) is 0 Å². The molecule has 0 saturated heterocycles. The first-order chi connectivity index (χ1) is 21.6. The molecule has 3 amide bonds. The number of hydrogen-bond acceptors (Lipinski definition) is 11. The molecule has 0 saturated carbocycles. The van der Waals surface area contributed by atoms with Crippen molar-refractivity contribution in [1.29, 1.82) is 0 Å². The highest BCUT2D eigenvalue weighted by Gasteiger charge is 2.28. The summed E-state index contributed by atoms with van der Waals surface area (Å²) in [4.78, 5) is 49.4. The standard InChI is InChI=1S/C31H60N4O10S/c1-23(2)29(34-25(5)6)31(39)35-26(30(38)24(3)4)9-8-12-32-27(36)10-14-42-16-18-44-20-21-45-19-17-43-15-11-28(37)33-13-22-46(7,40)41/h23-26,29,34H,8-22H2,1-7H3,(H,32,36)(H,33,37)(H,35,39)/t26-,29-/m0/s1. The summed E-state index contributed by atoms with van der Waals surface area (Å²) < 4.78 is 43.6. The van der Waals surface area contributed by atoms with Crippen LogP contribution in [0.2, 0.25) is 0 Å². The van der Waals surface area contributed by atoms with Crippen molar-refractivity contribution in [1.82, 2.24) is 21.3 Å². The summed E-state index contributed by atoms with van der Waals surface area (Å²) in [7, 11) is -3.10. The topological polar surface area (TPSA) is 187 Å². The van der Waals surface area contributed by atoms with E-state index in [9.17, 15) is 27.6 Å². The van der Waals surface area contributed by atoms with Gasteiger partial charge >= 0.3 is 0 Å². The highest BCUT2D eigenvalue weighted by Crippen LogP contribution is 2.09. The lowest BCUT2D eigenvalue weighted by molar-refractivity contribution is -0.131. The molecule has 0 aromatic rings. The van der Waals surface area contributed by atoms with Gasteiger partial charge in [0.15, 0.2) is 5.78 Å². The molecule has 0 unspecified atom stereocenters. The Morgan fingerprint density at radius 3 is 1.54 bits per heavy atom. The number of nitrogens with one attached hydrogen (secondary N) is 4. The van der Waals surface area contributed by atoms with Crippen molar-refractivity contribution in [2.45, 2.75) is 85.4 Å². The van der Waals surface area contributed by atoms with Crippen LogP contribution in [-0.2, 0) is 48.0 Å². The fourth-order valence-corrected chi connectivity index (χ4v) is 4.53. The third-order valence-electron chi connectivity index (χ3n) is 6.54. The lowest BCUT2D eigenvalue weighted by atomic mass is 9.96. The third-order valence-corrected chi connectivity index (χ3v) is 7.49. The lowest BCUT2D eigenvalue weighted by Crippen LogP contribution is -2.54. The molecule has 0 aliphatic carbocycles. The molecule has 0 rings (SSSR count). The minimum Gasteiger partial charge on any atom is -0.379 e. The molecule has 0 aromatic heterocycles. The Morgan fingerprint density at radius 2 is 1.13 bits per heavy atom. The van der Waals surface area contributed by atoms with Crippen molar-refractivity contribution < 1.29 is 46.5 Å². The quantitative estimate of drug-likeness (QED) is 0.0812. The van der Waals surface area contributed by atoms with Crippen LogP contribution in [0.15, 0.2) is 0 Å². The third kappa shape index (κ3) is 25.0. The molecule has 14 nitrogen and oxygen atoms in total. The second-order valence-electron chi connectivity index (χ2n) is 12.1. The number of Topliss-reactive ketones (excluding diaryl/α,β-unsaturated/α-hetero) is 1. The van der Waals surface area contributed by atoms with E-state index in [2.05, 4.69) is 21.3 Å². The van der Waals surface area contributed by atoms with Gasteiger partial charge in [-0.1, -0.05) is 41.5 Å². The van der Waals surface area contributed by atoms with Gasteiger partial charge in [0.2, 0.25) is 17.7 Å². The van der Waals surface area contributed by atoms with Gasteiger partial charge in [-0.25, -0.2) is 8.42 Å². The molecular weight excluding hydrogens is 620 g/mol. The first-order valence-electron chi connectivity index (χ1n) is 16.3. The molecule has 0 aromatic carbocycles. The van der Waals surface area contributed by atoms with Gasteiger partial charge in [-0.3, -0.25) is 19.2 Å². The molecule has 2 atom stereocenters. The van der Waals surface area contributed by atoms with Crippen LogP contribution in [-0.4, -0.2) is 128 Å². The number of hydrogen-bond donors (Lipinski definition) is 4. The Morgan fingerprint density at radius 1 is 0.674 bits per heavy atom. The minimum absolute atomic E-state index is 0.0245. The van der Waals surface area contributed by atoms with E-state index in [1.807, 2.05) is 41.5 Å². The number of ether oxygens (including phenoxy) is 4. The first-order valence-corrected chi connectivity index (χ1v) is 18.3. The Hall–Kier alpha value is -2.17. The van der Waals surface area contributed by atoms with Crippen LogP contribution in [0.4, 0.5) is 0 Å². The van der Waals surface area contributed by atoms with E-state index in [4.69, 9.17) is 18.9 Å². The molecule has 0 spiro atoms. The first kappa shape index (κ1) is 43.8. The molecule has 0 fully saturated rings. The van der Waals surface area contributed by atoms with Gasteiger partial charge in [0, 0.05) is 44.1 Å². The second kappa shape index (κ2) is 25.9. The smallest absolute Gasteiger partial charge is 0.237 e. The molecule has 15 heteroatoms. The molecule has 0 aliphatic heterocycles. The van der Waals surface area contributed by atoms with E-state index in [-0.39, 0.29) is 79.7 Å². The number of rotatable bonds is 29. The average molecular weight is 681 g/mol. The zero-order chi connectivity index (χ0) is 35.0. The minimum atomic E-state index is -3.10. The summed E-state index contributed by atoms with van der Waals surface area (Å²) in [6, 6.07) is -0.865. The maximum Gasteiger partial charge on any atom is 0.237 e. The van der Waals surface area contributed by atoms with Gasteiger partial charge < -0.3 is 40.2 Å². The molecule has 46 heavy (non-hydrogen) atoms. The molecule has 0 radical (unpaired) electrons. The Kier molecular flexibility index (Phi) is 24.6. The van der Waals surface area contributed by atoms with Gasteiger partial charge in [0.1, 0.15) is 9.84 Å². The molecule has 0 bridgehead atoms. The largest absolute Gasteiger partial charge is 0.379 e. The van der Waals surface area contributed by atoms with Crippen LogP contribution in [0.1, 0.15) is 67.2 Å². The van der Waals surface area contributed by atoms with Crippen LogP contribution >= 0.6 is 0 Å². The molecule has 0 heterocycles. The SMILES string of the molecule is CC(C)N[C@H](C(=O)N[C@@H](CCCNC(=O)CCOCCOCCOCCOCCC(=O)NCCS(C)(=O)=O)C(=O)C(C)C)C(C)C. The Balaban J connectivity index is 3.89. The fourth-order valence-electron chi connectivity index (χ4n) is 4.06. The summed E-state index contributed by atoms with van der Waals surface area (Å²) in [5.74, 6) is -0.868. The van der Waals surface area contributed by atoms with Gasteiger partial charge in [-0.2, -0.15) is 0 Å². The number of carbonyl (C=O) groups excluding carboxylic acids is 4. The predicted octanol–water partition coefficient (Wildman–Crippen LogP) is 0.623. The second-order valence-corrected chi connectivity index (χ2v) is 14.3. The summed E-state index contributed by atoms with van der Waals surface area (Å²) in [6.07, 6.45) is 2.45. The zero-order valence-corrected chi connectivity index (χ0v) is 29.8. The van der Waals surface area contributed by atoms with Gasteiger partial charge in [-0.15, -0.1) is 0 Å². The van der Waals surface area contributed by atoms with E-state index in [0.29, 0.717) is 59.0 Å². The Bertz CT molecular complexity index is 976. The fraction of sp³-hybridized carbons (Fsp3) is 0.871. The predicted molar refractivity (Wildman–Crippen MR) is 176 cm³/mol. The van der Waals surface area contributed by atoms with E-state index in [1.165, 1.54) is 0 Å². The Labute approximate surface area is 276 Å². The van der Waals surface area contributed by atoms with Gasteiger partial charge in [0.25, 0.3) is 0 Å². The normalized spacial score (nSPS) is 13.2. The van der Waals surface area contributed by atoms with E-state index in [1.54, 1.807) is 0 Å².